The van der Waals surface area contributed by atoms with Crippen LogP contribution in [-0.4, -0.2) is 24.9 Å². The monoisotopic (exact) mass is 380 g/mol. The quantitative estimate of drug-likeness (QED) is 0.597. The summed E-state index contributed by atoms with van der Waals surface area (Å²) in [5.41, 5.74) is 2.92. The number of carbonyl (C=O) groups excluding carboxylic acids is 2. The van der Waals surface area contributed by atoms with Gasteiger partial charge in [-0.1, -0.05) is 61.5 Å². The Kier molecular flexibility index (Phi) is 6.35. The molecule has 2 aromatic carbocycles. The molecular formula is C22H24N2O2S. The van der Waals surface area contributed by atoms with E-state index in [1.807, 2.05) is 61.5 Å². The van der Waals surface area contributed by atoms with Crippen LogP contribution in [0.5, 0.6) is 0 Å². The largest absolute Gasteiger partial charge is 0.355 e. The van der Waals surface area contributed by atoms with Gasteiger partial charge < -0.3 is 5.32 Å². The molecule has 4 nitrogen and oxygen atoms in total. The summed E-state index contributed by atoms with van der Waals surface area (Å²) in [7, 11) is 0. The predicted molar refractivity (Wildman–Crippen MR) is 112 cm³/mol. The zero-order chi connectivity index (χ0) is 19.2. The summed E-state index contributed by atoms with van der Waals surface area (Å²) in [6, 6.07) is 15.7. The summed E-state index contributed by atoms with van der Waals surface area (Å²) in [5.74, 6) is -0.263. The van der Waals surface area contributed by atoms with E-state index in [-0.39, 0.29) is 18.4 Å². The summed E-state index contributed by atoms with van der Waals surface area (Å²) in [6.45, 7) is 4.78. The van der Waals surface area contributed by atoms with Gasteiger partial charge >= 0.3 is 0 Å². The maximum absolute atomic E-state index is 13.1. The third-order valence-corrected chi connectivity index (χ3v) is 5.54. The Morgan fingerprint density at radius 1 is 1.15 bits per heavy atom. The molecule has 0 fully saturated rings. The second-order valence-corrected chi connectivity index (χ2v) is 7.61. The number of nitrogens with one attached hydrogen (secondary N) is 1. The van der Waals surface area contributed by atoms with Crippen molar-refractivity contribution in [1.82, 2.24) is 5.32 Å². The SMILES string of the molecule is CCCCNC(=O)CN1C(=O)/C(=C/c2ccccc2C)Sc2ccccc21. The molecule has 0 saturated heterocycles. The van der Waals surface area contributed by atoms with E-state index >= 15 is 0 Å². The van der Waals surface area contributed by atoms with Crippen molar-refractivity contribution in [2.75, 3.05) is 18.0 Å². The molecule has 0 radical (unpaired) electrons. The molecule has 2 amide bonds. The van der Waals surface area contributed by atoms with Crippen LogP contribution in [0.4, 0.5) is 5.69 Å². The maximum Gasteiger partial charge on any atom is 0.265 e. The number of thioether (sulfide) groups is 1. The standard InChI is InChI=1S/C22H24N2O2S/c1-3-4-13-23-21(25)15-24-18-11-7-8-12-19(18)27-20(22(24)26)14-17-10-6-5-9-16(17)2/h5-12,14H,3-4,13,15H2,1-2H3,(H,23,25)/b20-14-. The van der Waals surface area contributed by atoms with Gasteiger partial charge in [-0.25, -0.2) is 0 Å². The van der Waals surface area contributed by atoms with Gasteiger partial charge in [0.05, 0.1) is 10.6 Å². The Labute approximate surface area is 164 Å². The van der Waals surface area contributed by atoms with Crippen LogP contribution >= 0.6 is 11.8 Å². The second kappa shape index (κ2) is 8.91. The highest BCUT2D eigenvalue weighted by Gasteiger charge is 2.30. The summed E-state index contributed by atoms with van der Waals surface area (Å²) in [6.07, 6.45) is 3.87. The number of fused-ring (bicyclic) bond motifs is 1. The first-order valence-corrected chi connectivity index (χ1v) is 10.0. The van der Waals surface area contributed by atoms with Gasteiger partial charge in [0.2, 0.25) is 5.91 Å². The number of anilines is 1. The average molecular weight is 381 g/mol. The number of nitrogens with zero attached hydrogens (tertiary/aromatic N) is 1. The van der Waals surface area contributed by atoms with E-state index in [9.17, 15) is 9.59 Å². The molecule has 27 heavy (non-hydrogen) atoms. The molecule has 2 aromatic rings. The van der Waals surface area contributed by atoms with Crippen LogP contribution in [0, 0.1) is 6.92 Å². The summed E-state index contributed by atoms with van der Waals surface area (Å²) < 4.78 is 0. The zero-order valence-electron chi connectivity index (χ0n) is 15.7. The Balaban J connectivity index is 1.89. The molecule has 1 heterocycles. The molecule has 0 spiro atoms. The number of unbranched alkanes of at least 4 members (excludes halogenated alkanes) is 1. The normalized spacial score (nSPS) is 15.0. The fraction of sp³-hybridized carbons (Fsp3) is 0.273. The molecule has 1 aliphatic rings. The van der Waals surface area contributed by atoms with Gasteiger partial charge in [-0.3, -0.25) is 14.5 Å². The fourth-order valence-corrected chi connectivity index (χ4v) is 3.96. The Morgan fingerprint density at radius 2 is 1.89 bits per heavy atom. The van der Waals surface area contributed by atoms with Gasteiger partial charge in [-0.05, 0) is 42.7 Å². The molecular weight excluding hydrogens is 356 g/mol. The van der Waals surface area contributed by atoms with Crippen LogP contribution in [-0.2, 0) is 9.59 Å². The number of rotatable bonds is 6. The molecule has 0 bridgehead atoms. The molecule has 0 saturated carbocycles. The van der Waals surface area contributed by atoms with Crippen LogP contribution < -0.4 is 10.2 Å². The molecule has 140 valence electrons. The molecule has 1 N–H and O–H groups in total. The topological polar surface area (TPSA) is 49.4 Å². The number of aryl methyl sites for hydroxylation is 1. The Morgan fingerprint density at radius 3 is 2.67 bits per heavy atom. The van der Waals surface area contributed by atoms with E-state index in [2.05, 4.69) is 12.2 Å². The van der Waals surface area contributed by atoms with E-state index in [1.165, 1.54) is 11.8 Å². The van der Waals surface area contributed by atoms with E-state index < -0.39 is 0 Å². The lowest BCUT2D eigenvalue weighted by atomic mass is 10.1. The maximum atomic E-state index is 13.1. The zero-order valence-corrected chi connectivity index (χ0v) is 16.5. The number of carbonyl (C=O) groups is 2. The van der Waals surface area contributed by atoms with Gasteiger partial charge in [0.15, 0.2) is 0 Å². The van der Waals surface area contributed by atoms with Crippen molar-refractivity contribution in [1.29, 1.82) is 0 Å². The number of hydrogen-bond donors (Lipinski definition) is 1. The highest BCUT2D eigenvalue weighted by molar-refractivity contribution is 8.04. The van der Waals surface area contributed by atoms with Gasteiger partial charge in [0.1, 0.15) is 6.54 Å². The summed E-state index contributed by atoms with van der Waals surface area (Å²) >= 11 is 1.46. The van der Waals surface area contributed by atoms with Gasteiger partial charge in [-0.2, -0.15) is 0 Å². The predicted octanol–water partition coefficient (Wildman–Crippen LogP) is 4.39. The minimum absolute atomic E-state index is 0.0330. The molecule has 3 rings (SSSR count). The van der Waals surface area contributed by atoms with Crippen molar-refractivity contribution in [3.05, 3.63) is 64.6 Å². The van der Waals surface area contributed by atoms with Crippen molar-refractivity contribution in [2.45, 2.75) is 31.6 Å². The number of para-hydroxylation sites is 1. The van der Waals surface area contributed by atoms with Crippen molar-refractivity contribution in [2.24, 2.45) is 0 Å². The van der Waals surface area contributed by atoms with Crippen LogP contribution in [0.2, 0.25) is 0 Å². The minimum atomic E-state index is -0.132. The number of hydrogen-bond acceptors (Lipinski definition) is 3. The lowest BCUT2D eigenvalue weighted by Crippen LogP contribution is -2.42. The second-order valence-electron chi connectivity index (χ2n) is 6.53. The first-order valence-electron chi connectivity index (χ1n) is 9.23. The highest BCUT2D eigenvalue weighted by atomic mass is 32.2. The molecule has 0 aromatic heterocycles. The molecule has 0 unspecified atom stereocenters. The Hall–Kier alpha value is -2.53. The van der Waals surface area contributed by atoms with Crippen molar-refractivity contribution < 1.29 is 9.59 Å². The van der Waals surface area contributed by atoms with Crippen LogP contribution in [0.1, 0.15) is 30.9 Å². The van der Waals surface area contributed by atoms with Gasteiger partial charge in [-0.15, -0.1) is 0 Å². The smallest absolute Gasteiger partial charge is 0.265 e. The molecule has 0 atom stereocenters. The van der Waals surface area contributed by atoms with Crippen molar-refractivity contribution in [3.8, 4) is 0 Å². The van der Waals surface area contributed by atoms with E-state index in [1.54, 1.807) is 4.90 Å². The molecule has 0 aliphatic carbocycles. The first kappa shape index (κ1) is 19.2. The fourth-order valence-electron chi connectivity index (χ4n) is 2.91. The van der Waals surface area contributed by atoms with E-state index in [4.69, 9.17) is 0 Å². The van der Waals surface area contributed by atoms with Gasteiger partial charge in [0.25, 0.3) is 5.91 Å². The summed E-state index contributed by atoms with van der Waals surface area (Å²) in [4.78, 5) is 28.6. The molecule has 1 aliphatic heterocycles. The third kappa shape index (κ3) is 4.61. The van der Waals surface area contributed by atoms with Crippen LogP contribution in [0.15, 0.2) is 58.3 Å². The Bertz CT molecular complexity index is 876. The van der Waals surface area contributed by atoms with Crippen molar-refractivity contribution >= 4 is 35.3 Å². The highest BCUT2D eigenvalue weighted by Crippen LogP contribution is 2.42. The lowest BCUT2D eigenvalue weighted by Gasteiger charge is -2.30. The van der Waals surface area contributed by atoms with Gasteiger partial charge in [0, 0.05) is 11.4 Å². The van der Waals surface area contributed by atoms with Crippen molar-refractivity contribution in [3.63, 3.8) is 0 Å². The first-order chi connectivity index (χ1) is 13.1. The van der Waals surface area contributed by atoms with E-state index in [0.717, 1.165) is 34.6 Å². The molecule has 5 heteroatoms. The lowest BCUT2D eigenvalue weighted by molar-refractivity contribution is -0.122. The minimum Gasteiger partial charge on any atom is -0.355 e. The number of benzene rings is 2. The van der Waals surface area contributed by atoms with Crippen LogP contribution in [0.25, 0.3) is 6.08 Å². The van der Waals surface area contributed by atoms with E-state index in [0.29, 0.717) is 11.4 Å². The summed E-state index contributed by atoms with van der Waals surface area (Å²) in [5, 5.41) is 2.90. The number of amides is 2. The average Bonchev–Trinajstić information content (AvgIpc) is 2.67. The van der Waals surface area contributed by atoms with Crippen LogP contribution in [0.3, 0.4) is 0 Å². The third-order valence-electron chi connectivity index (χ3n) is 4.46.